The summed E-state index contributed by atoms with van der Waals surface area (Å²) < 4.78 is 0. The van der Waals surface area contributed by atoms with E-state index < -0.39 is 0 Å². The van der Waals surface area contributed by atoms with Crippen LogP contribution in [0.4, 0.5) is 0 Å². The van der Waals surface area contributed by atoms with Gasteiger partial charge in [-0.05, 0) is 56.4 Å². The lowest BCUT2D eigenvalue weighted by Gasteiger charge is -2.10. The van der Waals surface area contributed by atoms with Crippen molar-refractivity contribution in [3.8, 4) is 11.8 Å². The van der Waals surface area contributed by atoms with Crippen molar-refractivity contribution in [2.75, 3.05) is 5.88 Å². The van der Waals surface area contributed by atoms with Gasteiger partial charge in [-0.3, -0.25) is 0 Å². The highest BCUT2D eigenvalue weighted by atomic mass is 35.5. The smallest absolute Gasteiger partial charge is 0.0308 e. The Morgan fingerprint density at radius 2 is 1.62 bits per heavy atom. The van der Waals surface area contributed by atoms with Crippen molar-refractivity contribution >= 4 is 11.6 Å². The maximum absolute atomic E-state index is 5.63. The predicted molar refractivity (Wildman–Crippen MR) is 72.2 cm³/mol. The Bertz CT molecular complexity index is 407. The molecule has 1 rings (SSSR count). The molecule has 0 saturated carbocycles. The van der Waals surface area contributed by atoms with Crippen LogP contribution in [0.5, 0.6) is 0 Å². The molecule has 0 bridgehead atoms. The van der Waals surface area contributed by atoms with Gasteiger partial charge in [0, 0.05) is 17.9 Å². The number of hydrogen-bond acceptors (Lipinski definition) is 0. The lowest BCUT2D eigenvalue weighted by Crippen LogP contribution is -1.95. The van der Waals surface area contributed by atoms with Gasteiger partial charge in [-0.25, -0.2) is 0 Å². The summed E-state index contributed by atoms with van der Waals surface area (Å²) >= 11 is 5.63. The average molecular weight is 235 g/mol. The third-order valence-electron chi connectivity index (χ3n) is 3.01. The van der Waals surface area contributed by atoms with Crippen LogP contribution in [-0.2, 0) is 0 Å². The number of rotatable bonds is 2. The number of unbranched alkanes of at least 4 members (excludes halogenated alkanes) is 1. The quantitative estimate of drug-likeness (QED) is 0.407. The SMILES string of the molecule is Cc1cc(C)c(C)c(C#CCCCCl)c1C. The van der Waals surface area contributed by atoms with Crippen LogP contribution in [0, 0.1) is 39.5 Å². The first-order chi connectivity index (χ1) is 7.57. The average Bonchev–Trinajstić information content (AvgIpc) is 2.25. The Morgan fingerprint density at radius 1 is 1.06 bits per heavy atom. The van der Waals surface area contributed by atoms with E-state index in [1.165, 1.54) is 27.8 Å². The van der Waals surface area contributed by atoms with E-state index in [1.807, 2.05) is 0 Å². The zero-order valence-electron chi connectivity index (χ0n) is 10.6. The molecule has 0 radical (unpaired) electrons. The van der Waals surface area contributed by atoms with E-state index in [4.69, 9.17) is 11.6 Å². The molecule has 0 N–H and O–H groups in total. The molecule has 0 saturated heterocycles. The summed E-state index contributed by atoms with van der Waals surface area (Å²) in [7, 11) is 0. The highest BCUT2D eigenvalue weighted by Crippen LogP contribution is 2.20. The van der Waals surface area contributed by atoms with Crippen LogP contribution in [0.15, 0.2) is 6.07 Å². The minimum atomic E-state index is 0.694. The molecule has 0 aliphatic carbocycles. The Hall–Kier alpha value is -0.930. The van der Waals surface area contributed by atoms with Gasteiger partial charge in [0.05, 0.1) is 0 Å². The molecule has 86 valence electrons. The molecule has 0 aliphatic rings. The van der Waals surface area contributed by atoms with E-state index in [-0.39, 0.29) is 0 Å². The molecule has 0 nitrogen and oxygen atoms in total. The molecule has 0 aliphatic heterocycles. The highest BCUT2D eigenvalue weighted by Gasteiger charge is 2.05. The van der Waals surface area contributed by atoms with Crippen LogP contribution in [0.2, 0.25) is 0 Å². The monoisotopic (exact) mass is 234 g/mol. The predicted octanol–water partition coefficient (Wildman–Crippen LogP) is 4.29. The van der Waals surface area contributed by atoms with Gasteiger partial charge in [0.1, 0.15) is 0 Å². The van der Waals surface area contributed by atoms with Crippen LogP contribution >= 0.6 is 11.6 Å². The van der Waals surface area contributed by atoms with Crippen LogP contribution in [0.1, 0.15) is 40.7 Å². The molecule has 0 heterocycles. The molecular formula is C15H19Cl. The molecule has 0 spiro atoms. The van der Waals surface area contributed by atoms with Crippen LogP contribution < -0.4 is 0 Å². The summed E-state index contributed by atoms with van der Waals surface area (Å²) in [6.07, 6.45) is 1.85. The van der Waals surface area contributed by atoms with E-state index >= 15 is 0 Å². The van der Waals surface area contributed by atoms with Crippen molar-refractivity contribution in [2.24, 2.45) is 0 Å². The lowest BCUT2D eigenvalue weighted by molar-refractivity contribution is 0.991. The van der Waals surface area contributed by atoms with E-state index in [2.05, 4.69) is 45.6 Å². The second-order valence-electron chi connectivity index (χ2n) is 4.23. The topological polar surface area (TPSA) is 0 Å². The third-order valence-corrected chi connectivity index (χ3v) is 3.28. The fraction of sp³-hybridized carbons (Fsp3) is 0.467. The van der Waals surface area contributed by atoms with Crippen molar-refractivity contribution in [3.05, 3.63) is 33.9 Å². The molecule has 1 heteroatoms. The molecule has 16 heavy (non-hydrogen) atoms. The summed E-state index contributed by atoms with van der Waals surface area (Å²) in [5.41, 5.74) is 6.46. The molecule has 0 atom stereocenters. The first-order valence-corrected chi connectivity index (χ1v) is 6.23. The molecular weight excluding hydrogens is 216 g/mol. The van der Waals surface area contributed by atoms with Crippen LogP contribution in [-0.4, -0.2) is 5.88 Å². The molecule has 0 aromatic heterocycles. The second kappa shape index (κ2) is 5.97. The number of alkyl halides is 1. The van der Waals surface area contributed by atoms with Crippen LogP contribution in [0.3, 0.4) is 0 Å². The fourth-order valence-electron chi connectivity index (χ4n) is 1.71. The summed E-state index contributed by atoms with van der Waals surface area (Å²) in [6, 6.07) is 2.23. The first-order valence-electron chi connectivity index (χ1n) is 5.70. The van der Waals surface area contributed by atoms with Gasteiger partial charge in [0.15, 0.2) is 0 Å². The van der Waals surface area contributed by atoms with Crippen LogP contribution in [0.25, 0.3) is 0 Å². The van der Waals surface area contributed by atoms with Gasteiger partial charge < -0.3 is 0 Å². The minimum Gasteiger partial charge on any atom is -0.127 e. The summed E-state index contributed by atoms with van der Waals surface area (Å²) in [4.78, 5) is 0. The molecule has 1 aromatic carbocycles. The van der Waals surface area contributed by atoms with Crippen molar-refractivity contribution in [2.45, 2.75) is 40.5 Å². The lowest BCUT2D eigenvalue weighted by atomic mass is 9.94. The zero-order chi connectivity index (χ0) is 12.1. The Morgan fingerprint density at radius 3 is 2.12 bits per heavy atom. The maximum Gasteiger partial charge on any atom is 0.0308 e. The maximum atomic E-state index is 5.63. The fourth-order valence-corrected chi connectivity index (χ4v) is 1.84. The molecule has 0 amide bonds. The number of benzene rings is 1. The van der Waals surface area contributed by atoms with Gasteiger partial charge in [-0.1, -0.05) is 17.9 Å². The number of hydrogen-bond donors (Lipinski definition) is 0. The van der Waals surface area contributed by atoms with Crippen molar-refractivity contribution < 1.29 is 0 Å². The van der Waals surface area contributed by atoms with Gasteiger partial charge in [-0.2, -0.15) is 0 Å². The largest absolute Gasteiger partial charge is 0.127 e. The van der Waals surface area contributed by atoms with Gasteiger partial charge in [-0.15, -0.1) is 11.6 Å². The third kappa shape index (κ3) is 3.03. The number of aryl methyl sites for hydroxylation is 2. The van der Waals surface area contributed by atoms with Crippen molar-refractivity contribution in [1.29, 1.82) is 0 Å². The minimum absolute atomic E-state index is 0.694. The van der Waals surface area contributed by atoms with Gasteiger partial charge in [0.2, 0.25) is 0 Å². The van der Waals surface area contributed by atoms with E-state index in [0.717, 1.165) is 12.8 Å². The summed E-state index contributed by atoms with van der Waals surface area (Å²) in [5.74, 6) is 7.19. The van der Waals surface area contributed by atoms with Crippen molar-refractivity contribution in [3.63, 3.8) is 0 Å². The summed E-state index contributed by atoms with van der Waals surface area (Å²) in [6.45, 7) is 8.58. The standard InChI is InChI=1S/C15H19Cl/c1-11-10-12(2)14(4)15(13(11)3)8-6-5-7-9-16/h10H,5,7,9H2,1-4H3. The van der Waals surface area contributed by atoms with E-state index in [0.29, 0.717) is 5.88 Å². The number of halogens is 1. The first kappa shape index (κ1) is 13.1. The molecule has 1 aromatic rings. The Kier molecular flexibility index (Phi) is 4.90. The van der Waals surface area contributed by atoms with E-state index in [9.17, 15) is 0 Å². The molecule has 0 fully saturated rings. The Labute approximate surface area is 104 Å². The van der Waals surface area contributed by atoms with Gasteiger partial charge in [0.25, 0.3) is 0 Å². The van der Waals surface area contributed by atoms with Gasteiger partial charge >= 0.3 is 0 Å². The molecule has 0 unspecified atom stereocenters. The van der Waals surface area contributed by atoms with E-state index in [1.54, 1.807) is 0 Å². The summed E-state index contributed by atoms with van der Waals surface area (Å²) in [5, 5.41) is 0. The zero-order valence-corrected chi connectivity index (χ0v) is 11.3. The Balaban J connectivity index is 3.06. The highest BCUT2D eigenvalue weighted by molar-refractivity contribution is 6.17. The second-order valence-corrected chi connectivity index (χ2v) is 4.61. The normalized spacial score (nSPS) is 9.81. The van der Waals surface area contributed by atoms with Crippen molar-refractivity contribution in [1.82, 2.24) is 0 Å².